The molecule has 0 saturated carbocycles. The van der Waals surface area contributed by atoms with Crippen molar-refractivity contribution >= 4 is 34.9 Å². The second kappa shape index (κ2) is 8.65. The Balaban J connectivity index is 1.80. The second-order valence-electron chi connectivity index (χ2n) is 7.32. The number of hydrogen-bond acceptors (Lipinski definition) is 10. The Labute approximate surface area is 177 Å². The SMILES string of the molecule is COc1ccc(Nc2nc(Nc3cnn(C(=O)OC(C)(C)C)c3)ncc2[N+](=O)[O-])cc1. The number of nitro groups is 1. The van der Waals surface area contributed by atoms with E-state index in [-0.39, 0.29) is 17.5 Å². The molecule has 3 rings (SSSR count). The van der Waals surface area contributed by atoms with Crippen LogP contribution < -0.4 is 15.4 Å². The molecule has 0 radical (unpaired) electrons. The third-order valence-corrected chi connectivity index (χ3v) is 3.74. The van der Waals surface area contributed by atoms with Crippen LogP contribution in [0.25, 0.3) is 0 Å². The first-order chi connectivity index (χ1) is 14.6. The minimum Gasteiger partial charge on any atom is -0.497 e. The number of ether oxygens (including phenoxy) is 2. The first-order valence-corrected chi connectivity index (χ1v) is 9.12. The van der Waals surface area contributed by atoms with Crippen LogP contribution in [0.2, 0.25) is 0 Å². The molecule has 1 aromatic carbocycles. The number of benzene rings is 1. The van der Waals surface area contributed by atoms with Crippen molar-refractivity contribution in [2.75, 3.05) is 17.7 Å². The van der Waals surface area contributed by atoms with Crippen molar-refractivity contribution < 1.29 is 19.2 Å². The van der Waals surface area contributed by atoms with E-state index >= 15 is 0 Å². The maximum absolute atomic E-state index is 12.1. The molecule has 12 nitrogen and oxygen atoms in total. The number of carbonyl (C=O) groups is 1. The van der Waals surface area contributed by atoms with Gasteiger partial charge < -0.3 is 20.1 Å². The van der Waals surface area contributed by atoms with Crippen LogP contribution in [0.3, 0.4) is 0 Å². The van der Waals surface area contributed by atoms with E-state index in [9.17, 15) is 14.9 Å². The van der Waals surface area contributed by atoms with Crippen molar-refractivity contribution in [2.24, 2.45) is 0 Å². The van der Waals surface area contributed by atoms with E-state index in [0.29, 0.717) is 17.1 Å². The first-order valence-electron chi connectivity index (χ1n) is 9.12. The highest BCUT2D eigenvalue weighted by molar-refractivity contribution is 5.72. The molecule has 2 aromatic heterocycles. The molecule has 3 aromatic rings. The summed E-state index contributed by atoms with van der Waals surface area (Å²) in [7, 11) is 1.54. The van der Waals surface area contributed by atoms with Crippen molar-refractivity contribution in [1.29, 1.82) is 0 Å². The van der Waals surface area contributed by atoms with E-state index in [0.717, 1.165) is 10.9 Å². The van der Waals surface area contributed by atoms with Gasteiger partial charge in [0.15, 0.2) is 0 Å². The minimum absolute atomic E-state index is 0.00722. The van der Waals surface area contributed by atoms with Gasteiger partial charge in [0.2, 0.25) is 11.8 Å². The molecule has 31 heavy (non-hydrogen) atoms. The monoisotopic (exact) mass is 427 g/mol. The number of nitrogens with one attached hydrogen (secondary N) is 2. The molecule has 2 heterocycles. The number of rotatable bonds is 6. The van der Waals surface area contributed by atoms with Gasteiger partial charge in [-0.25, -0.2) is 9.78 Å². The van der Waals surface area contributed by atoms with Crippen LogP contribution in [-0.4, -0.2) is 43.5 Å². The van der Waals surface area contributed by atoms with Gasteiger partial charge in [-0.3, -0.25) is 10.1 Å². The third kappa shape index (κ3) is 5.65. The largest absolute Gasteiger partial charge is 0.497 e. The number of hydrogen-bond donors (Lipinski definition) is 2. The summed E-state index contributed by atoms with van der Waals surface area (Å²) in [5.74, 6) is 0.713. The van der Waals surface area contributed by atoms with Gasteiger partial charge in [0.05, 0.1) is 30.1 Å². The maximum atomic E-state index is 12.1. The van der Waals surface area contributed by atoms with Gasteiger partial charge in [-0.1, -0.05) is 0 Å². The molecule has 0 bridgehead atoms. The van der Waals surface area contributed by atoms with Crippen molar-refractivity contribution in [3.63, 3.8) is 0 Å². The number of methoxy groups -OCH3 is 1. The fourth-order valence-corrected chi connectivity index (χ4v) is 2.40. The summed E-state index contributed by atoms with van der Waals surface area (Å²) >= 11 is 0. The van der Waals surface area contributed by atoms with Crippen LogP contribution in [-0.2, 0) is 4.74 Å². The second-order valence-corrected chi connectivity index (χ2v) is 7.32. The molecule has 12 heteroatoms. The highest BCUT2D eigenvalue weighted by Gasteiger charge is 2.20. The fraction of sp³-hybridized carbons (Fsp3) is 0.263. The number of carbonyl (C=O) groups excluding carboxylic acids is 1. The Bertz CT molecular complexity index is 1090. The molecule has 0 atom stereocenters. The number of nitrogens with zero attached hydrogens (tertiary/aromatic N) is 5. The Kier molecular flexibility index (Phi) is 6.00. The van der Waals surface area contributed by atoms with Gasteiger partial charge in [0.25, 0.3) is 0 Å². The van der Waals surface area contributed by atoms with Gasteiger partial charge in [0, 0.05) is 5.69 Å². The van der Waals surface area contributed by atoms with Crippen molar-refractivity contribution in [1.82, 2.24) is 19.7 Å². The lowest BCUT2D eigenvalue weighted by Gasteiger charge is -2.18. The summed E-state index contributed by atoms with van der Waals surface area (Å²) < 4.78 is 11.4. The predicted molar refractivity (Wildman–Crippen MR) is 112 cm³/mol. The molecule has 0 saturated heterocycles. The molecule has 0 fully saturated rings. The molecule has 0 aliphatic carbocycles. The summed E-state index contributed by atoms with van der Waals surface area (Å²) in [6.07, 6.45) is 3.22. The standard InChI is InChI=1S/C19H21N7O5/c1-19(2,3)31-18(27)25-11-13(9-21-25)23-17-20-10-15(26(28)29)16(24-17)22-12-5-7-14(30-4)8-6-12/h5-11H,1-4H3,(H2,20,22,23,24). The van der Waals surface area contributed by atoms with Gasteiger partial charge >= 0.3 is 11.8 Å². The molecule has 0 aliphatic rings. The summed E-state index contributed by atoms with van der Waals surface area (Å²) in [5.41, 5.74) is 0.00682. The van der Waals surface area contributed by atoms with Gasteiger partial charge in [0.1, 0.15) is 17.5 Å². The Morgan fingerprint density at radius 3 is 2.45 bits per heavy atom. The van der Waals surface area contributed by atoms with Crippen LogP contribution in [0.4, 0.5) is 33.6 Å². The average Bonchev–Trinajstić information content (AvgIpc) is 3.16. The van der Waals surface area contributed by atoms with E-state index < -0.39 is 16.6 Å². The van der Waals surface area contributed by atoms with Crippen LogP contribution >= 0.6 is 0 Å². The molecular weight excluding hydrogens is 406 g/mol. The Hall–Kier alpha value is -4.22. The van der Waals surface area contributed by atoms with E-state index in [1.54, 1.807) is 52.1 Å². The lowest BCUT2D eigenvalue weighted by atomic mass is 10.2. The molecule has 162 valence electrons. The fourth-order valence-electron chi connectivity index (χ4n) is 2.40. The van der Waals surface area contributed by atoms with Crippen molar-refractivity contribution in [2.45, 2.75) is 26.4 Å². The molecule has 0 spiro atoms. The van der Waals surface area contributed by atoms with Crippen molar-refractivity contribution in [3.05, 3.63) is 53.0 Å². The van der Waals surface area contributed by atoms with E-state index in [4.69, 9.17) is 9.47 Å². The predicted octanol–water partition coefficient (Wildman–Crippen LogP) is 3.86. The van der Waals surface area contributed by atoms with Gasteiger partial charge in [-0.05, 0) is 45.0 Å². The molecular formula is C19H21N7O5. The topological polar surface area (TPSA) is 146 Å². The zero-order valence-corrected chi connectivity index (χ0v) is 17.3. The quantitative estimate of drug-likeness (QED) is 0.439. The highest BCUT2D eigenvalue weighted by atomic mass is 16.6. The molecule has 2 N–H and O–H groups in total. The molecule has 0 aliphatic heterocycles. The van der Waals surface area contributed by atoms with Crippen LogP contribution in [0, 0.1) is 10.1 Å². The lowest BCUT2D eigenvalue weighted by molar-refractivity contribution is -0.384. The highest BCUT2D eigenvalue weighted by Crippen LogP contribution is 2.27. The van der Waals surface area contributed by atoms with E-state index in [2.05, 4.69) is 25.7 Å². The summed E-state index contributed by atoms with van der Waals surface area (Å²) in [6.45, 7) is 5.24. The normalized spacial score (nSPS) is 11.0. The van der Waals surface area contributed by atoms with Crippen LogP contribution in [0.15, 0.2) is 42.9 Å². The molecule has 0 unspecified atom stereocenters. The van der Waals surface area contributed by atoms with Gasteiger partial charge in [-0.15, -0.1) is 0 Å². The Morgan fingerprint density at radius 2 is 1.84 bits per heavy atom. The van der Waals surface area contributed by atoms with E-state index in [1.165, 1.54) is 12.4 Å². The molecule has 0 amide bonds. The summed E-state index contributed by atoms with van der Waals surface area (Å²) in [6, 6.07) is 6.81. The zero-order valence-electron chi connectivity index (χ0n) is 17.3. The minimum atomic E-state index is -0.667. The number of anilines is 4. The zero-order chi connectivity index (χ0) is 22.6. The van der Waals surface area contributed by atoms with Crippen LogP contribution in [0.5, 0.6) is 5.75 Å². The first kappa shape index (κ1) is 21.5. The van der Waals surface area contributed by atoms with E-state index in [1.807, 2.05) is 0 Å². The van der Waals surface area contributed by atoms with Crippen LogP contribution in [0.1, 0.15) is 20.8 Å². The van der Waals surface area contributed by atoms with Crippen molar-refractivity contribution in [3.8, 4) is 5.75 Å². The Morgan fingerprint density at radius 1 is 1.13 bits per heavy atom. The lowest BCUT2D eigenvalue weighted by Crippen LogP contribution is -2.27. The average molecular weight is 427 g/mol. The summed E-state index contributed by atoms with van der Waals surface area (Å²) in [4.78, 5) is 31.0. The third-order valence-electron chi connectivity index (χ3n) is 3.74. The number of aromatic nitrogens is 4. The maximum Gasteiger partial charge on any atom is 0.435 e. The smallest absolute Gasteiger partial charge is 0.435 e. The van der Waals surface area contributed by atoms with Gasteiger partial charge in [-0.2, -0.15) is 14.8 Å². The summed E-state index contributed by atoms with van der Waals surface area (Å²) in [5, 5.41) is 21.0.